The molecule has 0 radical (unpaired) electrons. The summed E-state index contributed by atoms with van der Waals surface area (Å²) in [7, 11) is 0. The quantitative estimate of drug-likeness (QED) is 0.792. The molecular formula is C13H12F3N3O2. The lowest BCUT2D eigenvalue weighted by Gasteiger charge is -2.15. The standard InChI is InChI=1S/C13H12F3N3O2/c1-6(12-9(15)2-7(14)3-10(12)16)17-5-8-4-11(13(20)21)19-18-8/h2-4,6,17H,5H2,1H3,(H,18,19)(H,20,21)/t6-/m0/s1. The van der Waals surface area contributed by atoms with Crippen LogP contribution in [0.2, 0.25) is 0 Å². The zero-order valence-electron chi connectivity index (χ0n) is 11.0. The van der Waals surface area contributed by atoms with Crippen molar-refractivity contribution in [1.82, 2.24) is 15.5 Å². The molecule has 0 fully saturated rings. The lowest BCUT2D eigenvalue weighted by atomic mass is 10.1. The van der Waals surface area contributed by atoms with Crippen LogP contribution in [0, 0.1) is 17.5 Å². The molecule has 112 valence electrons. The number of H-pyrrole nitrogens is 1. The fourth-order valence-electron chi connectivity index (χ4n) is 1.89. The maximum absolute atomic E-state index is 13.6. The zero-order valence-corrected chi connectivity index (χ0v) is 11.0. The van der Waals surface area contributed by atoms with Crippen LogP contribution in [-0.2, 0) is 6.54 Å². The van der Waals surface area contributed by atoms with E-state index in [-0.39, 0.29) is 17.8 Å². The highest BCUT2D eigenvalue weighted by Gasteiger charge is 2.18. The van der Waals surface area contributed by atoms with Gasteiger partial charge in [0, 0.05) is 36.0 Å². The summed E-state index contributed by atoms with van der Waals surface area (Å²) in [6, 6.07) is 1.78. The third-order valence-corrected chi connectivity index (χ3v) is 2.93. The van der Waals surface area contributed by atoms with E-state index in [2.05, 4.69) is 15.5 Å². The summed E-state index contributed by atoms with van der Waals surface area (Å²) in [5.74, 6) is -4.13. The highest BCUT2D eigenvalue weighted by molar-refractivity contribution is 5.85. The second-order valence-electron chi connectivity index (χ2n) is 4.47. The molecule has 0 aliphatic heterocycles. The summed E-state index contributed by atoms with van der Waals surface area (Å²) >= 11 is 0. The van der Waals surface area contributed by atoms with Gasteiger partial charge in [-0.3, -0.25) is 5.10 Å². The van der Waals surface area contributed by atoms with Gasteiger partial charge in [0.15, 0.2) is 5.69 Å². The second kappa shape index (κ2) is 5.96. The van der Waals surface area contributed by atoms with E-state index < -0.39 is 29.5 Å². The predicted octanol–water partition coefficient (Wildman–Crippen LogP) is 2.38. The van der Waals surface area contributed by atoms with E-state index in [1.807, 2.05) is 0 Å². The average molecular weight is 299 g/mol. The minimum absolute atomic E-state index is 0.123. The number of aromatic nitrogens is 2. The van der Waals surface area contributed by atoms with Gasteiger partial charge in [-0.25, -0.2) is 18.0 Å². The number of carboxylic acids is 1. The molecule has 0 aliphatic carbocycles. The number of aromatic carboxylic acids is 1. The van der Waals surface area contributed by atoms with Gasteiger partial charge in [0.05, 0.1) is 0 Å². The van der Waals surface area contributed by atoms with Crippen molar-refractivity contribution >= 4 is 5.97 Å². The van der Waals surface area contributed by atoms with Gasteiger partial charge < -0.3 is 10.4 Å². The first-order chi connectivity index (χ1) is 9.88. The molecule has 2 aromatic rings. The minimum atomic E-state index is -1.18. The number of benzene rings is 1. The van der Waals surface area contributed by atoms with Crippen molar-refractivity contribution in [2.75, 3.05) is 0 Å². The number of halogens is 3. The first kappa shape index (κ1) is 15.0. The third-order valence-electron chi connectivity index (χ3n) is 2.93. The molecule has 2 rings (SSSR count). The molecule has 5 nitrogen and oxygen atoms in total. The summed E-state index contributed by atoms with van der Waals surface area (Å²) in [6.45, 7) is 1.63. The van der Waals surface area contributed by atoms with E-state index in [9.17, 15) is 18.0 Å². The molecule has 0 aliphatic rings. The Morgan fingerprint density at radius 3 is 2.48 bits per heavy atom. The molecule has 0 amide bonds. The van der Waals surface area contributed by atoms with Crippen LogP contribution in [-0.4, -0.2) is 21.3 Å². The number of hydrogen-bond acceptors (Lipinski definition) is 3. The first-order valence-electron chi connectivity index (χ1n) is 6.04. The Balaban J connectivity index is 2.08. The minimum Gasteiger partial charge on any atom is -0.476 e. The van der Waals surface area contributed by atoms with Crippen molar-refractivity contribution < 1.29 is 23.1 Å². The molecule has 21 heavy (non-hydrogen) atoms. The average Bonchev–Trinajstić information content (AvgIpc) is 2.84. The number of nitrogens with zero attached hydrogens (tertiary/aromatic N) is 1. The summed E-state index contributed by atoms with van der Waals surface area (Å²) in [4.78, 5) is 10.7. The van der Waals surface area contributed by atoms with Crippen LogP contribution in [0.25, 0.3) is 0 Å². The fourth-order valence-corrected chi connectivity index (χ4v) is 1.89. The normalized spacial score (nSPS) is 12.4. The van der Waals surface area contributed by atoms with E-state index in [1.54, 1.807) is 0 Å². The van der Waals surface area contributed by atoms with Crippen molar-refractivity contribution in [1.29, 1.82) is 0 Å². The summed E-state index contributed by atoms with van der Waals surface area (Å²) in [5.41, 5.74) is 0.00940. The van der Waals surface area contributed by atoms with Crippen LogP contribution >= 0.6 is 0 Å². The van der Waals surface area contributed by atoms with Gasteiger partial charge >= 0.3 is 5.97 Å². The maximum Gasteiger partial charge on any atom is 0.356 e. The van der Waals surface area contributed by atoms with Gasteiger partial charge in [-0.2, -0.15) is 5.10 Å². The number of hydrogen-bond donors (Lipinski definition) is 3. The Morgan fingerprint density at radius 2 is 1.95 bits per heavy atom. The monoisotopic (exact) mass is 299 g/mol. The van der Waals surface area contributed by atoms with E-state index in [1.165, 1.54) is 13.0 Å². The highest BCUT2D eigenvalue weighted by atomic mass is 19.1. The Bertz CT molecular complexity index is 649. The van der Waals surface area contributed by atoms with Crippen molar-refractivity contribution in [3.63, 3.8) is 0 Å². The van der Waals surface area contributed by atoms with Gasteiger partial charge in [-0.1, -0.05) is 0 Å². The molecule has 8 heteroatoms. The number of carbonyl (C=O) groups is 1. The Morgan fingerprint density at radius 1 is 1.33 bits per heavy atom. The van der Waals surface area contributed by atoms with Crippen LogP contribution in [0.4, 0.5) is 13.2 Å². The Labute approximate surface area is 117 Å². The van der Waals surface area contributed by atoms with Crippen LogP contribution in [0.1, 0.15) is 34.7 Å². The largest absolute Gasteiger partial charge is 0.476 e. The second-order valence-corrected chi connectivity index (χ2v) is 4.47. The molecule has 0 spiro atoms. The first-order valence-corrected chi connectivity index (χ1v) is 6.04. The number of aromatic amines is 1. The fraction of sp³-hybridized carbons (Fsp3) is 0.231. The van der Waals surface area contributed by atoms with Gasteiger partial charge in [0.25, 0.3) is 0 Å². The number of nitrogens with one attached hydrogen (secondary N) is 2. The summed E-state index contributed by atoms with van der Waals surface area (Å²) < 4.78 is 40.0. The van der Waals surface area contributed by atoms with Gasteiger partial charge in [-0.05, 0) is 13.0 Å². The van der Waals surface area contributed by atoms with Crippen molar-refractivity contribution in [3.8, 4) is 0 Å². The summed E-state index contributed by atoms with van der Waals surface area (Å²) in [6.07, 6.45) is 0. The lowest BCUT2D eigenvalue weighted by molar-refractivity contribution is 0.0690. The van der Waals surface area contributed by atoms with Crippen LogP contribution in [0.3, 0.4) is 0 Å². The number of rotatable bonds is 5. The molecule has 0 bridgehead atoms. The number of carboxylic acid groups (broad SMARTS) is 1. The Kier molecular flexibility index (Phi) is 4.27. The molecule has 0 saturated heterocycles. The van der Waals surface area contributed by atoms with E-state index >= 15 is 0 Å². The summed E-state index contributed by atoms with van der Waals surface area (Å²) in [5, 5.41) is 17.6. The maximum atomic E-state index is 13.6. The predicted molar refractivity (Wildman–Crippen MR) is 67.1 cm³/mol. The SMILES string of the molecule is C[C@H](NCc1cc(C(=O)O)n[nH]1)c1c(F)cc(F)cc1F. The molecule has 1 aromatic heterocycles. The van der Waals surface area contributed by atoms with Crippen molar-refractivity contribution in [2.45, 2.75) is 19.5 Å². The smallest absolute Gasteiger partial charge is 0.356 e. The molecule has 1 aromatic carbocycles. The van der Waals surface area contributed by atoms with Gasteiger partial charge in [0.2, 0.25) is 0 Å². The van der Waals surface area contributed by atoms with Gasteiger partial charge in [0.1, 0.15) is 17.5 Å². The topological polar surface area (TPSA) is 78.0 Å². The zero-order chi connectivity index (χ0) is 15.6. The van der Waals surface area contributed by atoms with Crippen molar-refractivity contribution in [2.24, 2.45) is 0 Å². The highest BCUT2D eigenvalue weighted by Crippen LogP contribution is 2.22. The van der Waals surface area contributed by atoms with Crippen LogP contribution in [0.5, 0.6) is 0 Å². The van der Waals surface area contributed by atoms with Crippen LogP contribution in [0.15, 0.2) is 18.2 Å². The molecular weight excluding hydrogens is 287 g/mol. The van der Waals surface area contributed by atoms with E-state index in [0.29, 0.717) is 17.8 Å². The lowest BCUT2D eigenvalue weighted by Crippen LogP contribution is -2.20. The van der Waals surface area contributed by atoms with Crippen molar-refractivity contribution in [3.05, 3.63) is 52.6 Å². The third kappa shape index (κ3) is 3.40. The molecule has 0 saturated carbocycles. The Hall–Kier alpha value is -2.35. The molecule has 1 atom stereocenters. The molecule has 0 unspecified atom stereocenters. The van der Waals surface area contributed by atoms with Crippen LogP contribution < -0.4 is 5.32 Å². The molecule has 3 N–H and O–H groups in total. The van der Waals surface area contributed by atoms with Gasteiger partial charge in [-0.15, -0.1) is 0 Å². The van der Waals surface area contributed by atoms with E-state index in [0.717, 1.165) is 0 Å². The van der Waals surface area contributed by atoms with E-state index in [4.69, 9.17) is 5.11 Å². The molecule has 1 heterocycles.